The van der Waals surface area contributed by atoms with Gasteiger partial charge in [0.1, 0.15) is 0 Å². The molecule has 1 aromatic heterocycles. The van der Waals surface area contributed by atoms with Crippen molar-refractivity contribution in [3.63, 3.8) is 0 Å². The molecule has 2 aromatic rings. The van der Waals surface area contributed by atoms with E-state index in [0.29, 0.717) is 11.1 Å². The van der Waals surface area contributed by atoms with Crippen molar-refractivity contribution in [2.45, 2.75) is 33.2 Å². The van der Waals surface area contributed by atoms with Gasteiger partial charge in [0.25, 0.3) is 0 Å². The molecule has 0 aliphatic carbocycles. The Labute approximate surface area is 134 Å². The lowest BCUT2D eigenvalue weighted by molar-refractivity contribution is 0.581. The minimum Gasteiger partial charge on any atom is -0.309 e. The van der Waals surface area contributed by atoms with Crippen LogP contribution in [0.25, 0.3) is 0 Å². The Morgan fingerprint density at radius 3 is 2.65 bits per heavy atom. The smallest absolute Gasteiger partial charge is 0.0900 e. The zero-order valence-electron chi connectivity index (χ0n) is 11.8. The first-order valence-corrected chi connectivity index (χ1v) is 8.16. The van der Waals surface area contributed by atoms with Crippen molar-refractivity contribution in [3.8, 4) is 0 Å². The highest BCUT2D eigenvalue weighted by atomic mass is 35.5. The Balaban J connectivity index is 1.91. The molecule has 108 valence electrons. The van der Waals surface area contributed by atoms with Crippen LogP contribution in [0.15, 0.2) is 18.2 Å². The zero-order chi connectivity index (χ0) is 14.7. The molecule has 0 amide bonds. The molecule has 20 heavy (non-hydrogen) atoms. The van der Waals surface area contributed by atoms with Gasteiger partial charge in [-0.1, -0.05) is 29.3 Å². The van der Waals surface area contributed by atoms with Gasteiger partial charge in [-0.2, -0.15) is 0 Å². The van der Waals surface area contributed by atoms with E-state index in [0.717, 1.165) is 34.3 Å². The van der Waals surface area contributed by atoms with Crippen molar-refractivity contribution in [3.05, 3.63) is 49.4 Å². The van der Waals surface area contributed by atoms with E-state index in [1.54, 1.807) is 17.4 Å². The van der Waals surface area contributed by atoms with Crippen LogP contribution in [0.4, 0.5) is 0 Å². The summed E-state index contributed by atoms with van der Waals surface area (Å²) in [5.74, 6) is 0. The quantitative estimate of drug-likeness (QED) is 0.838. The van der Waals surface area contributed by atoms with Crippen molar-refractivity contribution < 1.29 is 0 Å². The maximum Gasteiger partial charge on any atom is 0.0900 e. The Morgan fingerprint density at radius 2 is 2.05 bits per heavy atom. The second-order valence-electron chi connectivity index (χ2n) is 4.84. The fraction of sp³-hybridized carbons (Fsp3) is 0.400. The zero-order valence-corrected chi connectivity index (χ0v) is 14.2. The molecule has 0 saturated heterocycles. The summed E-state index contributed by atoms with van der Waals surface area (Å²) in [6.07, 6.45) is 0.886. The lowest BCUT2D eigenvalue weighted by Crippen LogP contribution is -2.21. The van der Waals surface area contributed by atoms with Crippen LogP contribution >= 0.6 is 34.5 Å². The molecular weight excluding hydrogens is 311 g/mol. The van der Waals surface area contributed by atoms with Gasteiger partial charge in [0.15, 0.2) is 0 Å². The third kappa shape index (κ3) is 3.95. The standard InChI is InChI=1S/C15H18Cl2N2S/c1-9(15-10(2)19-11(3)20-15)18-7-6-12-4-5-13(16)8-14(12)17/h4-5,8-9,18H,6-7H2,1-3H3. The lowest BCUT2D eigenvalue weighted by Gasteiger charge is -2.13. The normalized spacial score (nSPS) is 12.7. The molecular formula is C15H18Cl2N2S. The van der Waals surface area contributed by atoms with Gasteiger partial charge in [0.2, 0.25) is 0 Å². The van der Waals surface area contributed by atoms with E-state index in [4.69, 9.17) is 23.2 Å². The predicted octanol–water partition coefficient (Wildman–Crippen LogP) is 4.96. The molecule has 2 nitrogen and oxygen atoms in total. The molecule has 0 saturated carbocycles. The highest BCUT2D eigenvalue weighted by Gasteiger charge is 2.12. The summed E-state index contributed by atoms with van der Waals surface area (Å²) in [7, 11) is 0. The summed E-state index contributed by atoms with van der Waals surface area (Å²) < 4.78 is 0. The Kier molecular flexibility index (Phi) is 5.44. The number of halogens is 2. The van der Waals surface area contributed by atoms with Crippen molar-refractivity contribution in [2.24, 2.45) is 0 Å². The number of aromatic nitrogens is 1. The van der Waals surface area contributed by atoms with Gasteiger partial charge < -0.3 is 5.32 Å². The number of thiazole rings is 1. The van der Waals surface area contributed by atoms with E-state index in [2.05, 4.69) is 24.1 Å². The number of nitrogens with zero attached hydrogens (tertiary/aromatic N) is 1. The Bertz CT molecular complexity index is 596. The van der Waals surface area contributed by atoms with Crippen LogP contribution in [0, 0.1) is 13.8 Å². The lowest BCUT2D eigenvalue weighted by atomic mass is 10.1. The predicted molar refractivity (Wildman–Crippen MR) is 88.2 cm³/mol. The van der Waals surface area contributed by atoms with Crippen molar-refractivity contribution >= 4 is 34.5 Å². The van der Waals surface area contributed by atoms with Crippen LogP contribution in [0.3, 0.4) is 0 Å². The highest BCUT2D eigenvalue weighted by Crippen LogP contribution is 2.25. The van der Waals surface area contributed by atoms with Crippen LogP contribution in [-0.2, 0) is 6.42 Å². The molecule has 1 atom stereocenters. The molecule has 1 heterocycles. The summed E-state index contributed by atoms with van der Waals surface area (Å²) in [5, 5.41) is 6.05. The van der Waals surface area contributed by atoms with E-state index < -0.39 is 0 Å². The van der Waals surface area contributed by atoms with Crippen LogP contribution in [0.5, 0.6) is 0 Å². The first-order valence-electron chi connectivity index (χ1n) is 6.58. The molecule has 0 aliphatic heterocycles. The molecule has 2 rings (SSSR count). The minimum absolute atomic E-state index is 0.312. The highest BCUT2D eigenvalue weighted by molar-refractivity contribution is 7.11. The molecule has 1 aromatic carbocycles. The molecule has 0 aliphatic rings. The van der Waals surface area contributed by atoms with Crippen molar-refractivity contribution in [1.29, 1.82) is 0 Å². The molecule has 0 spiro atoms. The molecule has 0 radical (unpaired) electrons. The van der Waals surface area contributed by atoms with E-state index in [1.165, 1.54) is 4.88 Å². The van der Waals surface area contributed by atoms with Crippen molar-refractivity contribution in [2.75, 3.05) is 6.54 Å². The van der Waals surface area contributed by atoms with Crippen LogP contribution in [0.1, 0.15) is 34.1 Å². The minimum atomic E-state index is 0.312. The third-order valence-corrected chi connectivity index (χ3v) is 5.04. The number of benzene rings is 1. The van der Waals surface area contributed by atoms with Gasteiger partial charge in [-0.15, -0.1) is 11.3 Å². The average Bonchev–Trinajstić information content (AvgIpc) is 2.71. The summed E-state index contributed by atoms with van der Waals surface area (Å²) in [4.78, 5) is 5.77. The maximum atomic E-state index is 6.17. The fourth-order valence-electron chi connectivity index (χ4n) is 2.19. The largest absolute Gasteiger partial charge is 0.309 e. The fourth-order valence-corrected chi connectivity index (χ4v) is 3.65. The van der Waals surface area contributed by atoms with Gasteiger partial charge >= 0.3 is 0 Å². The van der Waals surface area contributed by atoms with Crippen LogP contribution in [-0.4, -0.2) is 11.5 Å². The molecule has 1 unspecified atom stereocenters. The van der Waals surface area contributed by atoms with Gasteiger partial charge in [-0.05, 0) is 51.4 Å². The van der Waals surface area contributed by atoms with Crippen LogP contribution < -0.4 is 5.32 Å². The first-order chi connectivity index (χ1) is 9.47. The SMILES string of the molecule is Cc1nc(C)c(C(C)NCCc2ccc(Cl)cc2Cl)s1. The Hall–Kier alpha value is -0.610. The number of aryl methyl sites for hydroxylation is 2. The maximum absolute atomic E-state index is 6.17. The Morgan fingerprint density at radius 1 is 1.30 bits per heavy atom. The van der Waals surface area contributed by atoms with E-state index in [-0.39, 0.29) is 0 Å². The van der Waals surface area contributed by atoms with Gasteiger partial charge in [0, 0.05) is 21.0 Å². The number of nitrogens with one attached hydrogen (secondary N) is 1. The summed E-state index contributed by atoms with van der Waals surface area (Å²) >= 11 is 13.8. The van der Waals surface area contributed by atoms with E-state index >= 15 is 0 Å². The molecule has 0 fully saturated rings. The molecule has 1 N–H and O–H groups in total. The van der Waals surface area contributed by atoms with Gasteiger partial charge in [0.05, 0.1) is 10.7 Å². The summed E-state index contributed by atoms with van der Waals surface area (Å²) in [6.45, 7) is 7.15. The number of hydrogen-bond acceptors (Lipinski definition) is 3. The van der Waals surface area contributed by atoms with E-state index in [1.807, 2.05) is 19.1 Å². The first kappa shape index (κ1) is 15.8. The summed E-state index contributed by atoms with van der Waals surface area (Å²) in [6, 6.07) is 5.97. The molecule has 5 heteroatoms. The third-order valence-electron chi connectivity index (χ3n) is 3.19. The van der Waals surface area contributed by atoms with Crippen molar-refractivity contribution in [1.82, 2.24) is 10.3 Å². The van der Waals surface area contributed by atoms with E-state index in [9.17, 15) is 0 Å². The number of rotatable bonds is 5. The topological polar surface area (TPSA) is 24.9 Å². The summed E-state index contributed by atoms with van der Waals surface area (Å²) in [5.41, 5.74) is 2.24. The second-order valence-corrected chi connectivity index (χ2v) is 6.92. The monoisotopic (exact) mass is 328 g/mol. The van der Waals surface area contributed by atoms with Gasteiger partial charge in [-0.3, -0.25) is 0 Å². The number of hydrogen-bond donors (Lipinski definition) is 1. The van der Waals surface area contributed by atoms with Gasteiger partial charge in [-0.25, -0.2) is 4.98 Å². The molecule has 0 bridgehead atoms. The second kappa shape index (κ2) is 6.90. The van der Waals surface area contributed by atoms with Crippen LogP contribution in [0.2, 0.25) is 10.0 Å². The average molecular weight is 329 g/mol.